The molecule has 0 unspecified atom stereocenters. The van der Waals surface area contributed by atoms with Crippen LogP contribution in [0.5, 0.6) is 0 Å². The van der Waals surface area contributed by atoms with Crippen molar-refractivity contribution < 1.29 is 16.7 Å². The van der Waals surface area contributed by atoms with Gasteiger partial charge in [-0.1, -0.05) is 0 Å². The van der Waals surface area contributed by atoms with E-state index >= 15 is 0 Å². The average molecular weight is 264 g/mol. The normalized spacial score (nSPS) is 11.3. The van der Waals surface area contributed by atoms with Gasteiger partial charge in [-0.2, -0.15) is 0 Å². The van der Waals surface area contributed by atoms with Crippen molar-refractivity contribution in [3.05, 3.63) is 29.8 Å². The van der Waals surface area contributed by atoms with Crippen molar-refractivity contribution in [1.29, 1.82) is 0 Å². The maximum atomic E-state index is 10.8. The number of hydrogen-bond donors (Lipinski definition) is 2. The van der Waals surface area contributed by atoms with Crippen LogP contribution >= 0.6 is 11.6 Å². The summed E-state index contributed by atoms with van der Waals surface area (Å²) in [6, 6.07) is 4.97. The third-order valence-corrected chi connectivity index (χ3v) is 3.69. The van der Waals surface area contributed by atoms with E-state index in [1.807, 2.05) is 0 Å². The summed E-state index contributed by atoms with van der Waals surface area (Å²) in [5.41, 5.74) is 0.217. The Balaban J connectivity index is 3.08. The molecule has 0 fully saturated rings. The molecule has 0 amide bonds. The Kier molecular flexibility index (Phi) is 2.98. The zero-order valence-corrected chi connectivity index (χ0v) is 8.98. The predicted octanol–water partition coefficient (Wildman–Crippen LogP) is -0.373. The second-order valence-electron chi connectivity index (χ2n) is 2.36. The molecule has 0 aliphatic carbocycles. The molecule has 13 heavy (non-hydrogen) atoms. The molecule has 0 aliphatic heterocycles. The number of halogens is 1. The summed E-state index contributed by atoms with van der Waals surface area (Å²) in [5.74, 6) is 0. The van der Waals surface area contributed by atoms with Gasteiger partial charge in [0.15, 0.2) is 0 Å². The van der Waals surface area contributed by atoms with Crippen LogP contribution in [0.1, 0.15) is 10.4 Å². The molecule has 0 saturated carbocycles. The molecule has 0 spiro atoms. The van der Waals surface area contributed by atoms with Crippen molar-refractivity contribution in [2.45, 2.75) is 0 Å². The molecule has 4 nitrogen and oxygen atoms in total. The van der Waals surface area contributed by atoms with Gasteiger partial charge in [-0.15, -0.1) is 0 Å². The minimum atomic E-state index is -4.82. The average Bonchev–Trinajstić information content (AvgIpc) is 2.03. The Hall–Kier alpha value is -0.542. The van der Waals surface area contributed by atoms with E-state index in [1.165, 1.54) is 24.3 Å². The van der Waals surface area contributed by atoms with E-state index < -0.39 is 19.4 Å². The third-order valence-electron chi connectivity index (χ3n) is 1.43. The predicted molar refractivity (Wildman–Crippen MR) is 47.1 cm³/mol. The van der Waals surface area contributed by atoms with Crippen molar-refractivity contribution >= 4 is 35.4 Å². The second kappa shape index (κ2) is 3.68. The Labute approximate surface area is 82.1 Å². The van der Waals surface area contributed by atoms with Crippen molar-refractivity contribution in [3.63, 3.8) is 0 Å². The van der Waals surface area contributed by atoms with Crippen LogP contribution in [-0.4, -0.2) is 27.6 Å². The molecule has 0 aliphatic rings. The molecule has 1 rings (SSSR count). The maximum absolute atomic E-state index is 10.8. The van der Waals surface area contributed by atoms with Gasteiger partial charge in [-0.3, -0.25) is 0 Å². The first-order chi connectivity index (χ1) is 5.91. The van der Waals surface area contributed by atoms with Crippen LogP contribution in [0.2, 0.25) is 0 Å². The van der Waals surface area contributed by atoms with Crippen molar-refractivity contribution in [1.82, 2.24) is 0 Å². The number of rotatable bonds is 2. The summed E-state index contributed by atoms with van der Waals surface area (Å²) in [6.45, 7) is 0. The van der Waals surface area contributed by atoms with Gasteiger partial charge in [0.1, 0.15) is 0 Å². The molecule has 6 heteroatoms. The van der Waals surface area contributed by atoms with Gasteiger partial charge in [0.25, 0.3) is 0 Å². The molecule has 0 aromatic heterocycles. The Morgan fingerprint density at radius 1 is 1.23 bits per heavy atom. The number of benzene rings is 1. The summed E-state index contributed by atoms with van der Waals surface area (Å²) in [7, 11) is 0. The molecular weight excluding hydrogens is 258 g/mol. The quantitative estimate of drug-likeness (QED) is 0.564. The van der Waals surface area contributed by atoms with E-state index in [4.69, 9.17) is 19.8 Å². The molecule has 1 aromatic rings. The Morgan fingerprint density at radius 2 is 1.69 bits per heavy atom. The minimum absolute atomic E-state index is 0.0696. The summed E-state index contributed by atoms with van der Waals surface area (Å²) >= 11 is 0.322. The van der Waals surface area contributed by atoms with E-state index in [2.05, 4.69) is 0 Å². The van der Waals surface area contributed by atoms with Gasteiger partial charge in [0.05, 0.1) is 0 Å². The monoisotopic (exact) mass is 264 g/mol. The van der Waals surface area contributed by atoms with Crippen LogP contribution in [0, 0.1) is 0 Å². The zero-order valence-electron chi connectivity index (χ0n) is 6.35. The van der Waals surface area contributed by atoms with Crippen molar-refractivity contribution in [2.75, 3.05) is 0 Å². The number of hydrogen-bond acceptors (Lipinski definition) is 2. The molecule has 2 N–H and O–H groups in total. The molecule has 0 radical (unpaired) electrons. The van der Waals surface area contributed by atoms with E-state index in [9.17, 15) is 8.53 Å². The number of carbonyl (C=O) groups excluding carboxylic acids is 1. The summed E-state index contributed by atoms with van der Waals surface area (Å²) in [5, 5.41) is -0.649. The first kappa shape index (κ1) is 10.5. The van der Waals surface area contributed by atoms with E-state index in [1.54, 1.807) is 0 Å². The van der Waals surface area contributed by atoms with E-state index in [0.29, 0.717) is 0 Å². The van der Waals surface area contributed by atoms with Gasteiger partial charge < -0.3 is 0 Å². The standard InChI is InChI=1S/C7H6AsClO4/c9-7(10)5-1-3-6(4-2-5)8(11,12)13/h1-4H,(H2,11,12,13). The van der Waals surface area contributed by atoms with E-state index in [0.717, 1.165) is 0 Å². The van der Waals surface area contributed by atoms with Crippen molar-refractivity contribution in [3.8, 4) is 0 Å². The van der Waals surface area contributed by atoms with Gasteiger partial charge in [-0.05, 0) is 0 Å². The molecule has 0 heterocycles. The molecule has 0 saturated heterocycles. The fraction of sp³-hybridized carbons (Fsp3) is 0. The van der Waals surface area contributed by atoms with Crippen LogP contribution in [0.25, 0.3) is 0 Å². The van der Waals surface area contributed by atoms with Crippen LogP contribution < -0.4 is 4.35 Å². The Morgan fingerprint density at radius 3 is 2.00 bits per heavy atom. The summed E-state index contributed by atoms with van der Waals surface area (Å²) in [4.78, 5) is 10.6. The first-order valence-electron chi connectivity index (χ1n) is 3.27. The topological polar surface area (TPSA) is 74.6 Å². The van der Waals surface area contributed by atoms with Crippen LogP contribution in [0.3, 0.4) is 0 Å². The first-order valence-corrected chi connectivity index (χ1v) is 7.03. The third kappa shape index (κ3) is 2.71. The SMILES string of the molecule is O=C(Cl)c1ccc([As](=O)(O)O)cc1. The molecule has 0 bridgehead atoms. The molecule has 70 valence electrons. The van der Waals surface area contributed by atoms with Gasteiger partial charge >= 0.3 is 81.9 Å². The second-order valence-corrected chi connectivity index (χ2v) is 6.07. The Bertz CT molecular complexity index is 367. The molecule has 0 atom stereocenters. The zero-order chi connectivity index (χ0) is 10.1. The fourth-order valence-electron chi connectivity index (χ4n) is 0.787. The van der Waals surface area contributed by atoms with Crippen LogP contribution in [0.4, 0.5) is 0 Å². The molecule has 1 aromatic carbocycles. The summed E-state index contributed by atoms with van der Waals surface area (Å²) in [6.07, 6.45) is 0. The van der Waals surface area contributed by atoms with Gasteiger partial charge in [-0.25, -0.2) is 0 Å². The van der Waals surface area contributed by atoms with Crippen LogP contribution in [-0.2, 0) is 3.74 Å². The fourth-order valence-corrected chi connectivity index (χ4v) is 2.04. The number of carbonyl (C=O) groups is 1. The molecular formula is C7H6AsClO4. The van der Waals surface area contributed by atoms with Gasteiger partial charge in [0.2, 0.25) is 0 Å². The van der Waals surface area contributed by atoms with E-state index in [-0.39, 0.29) is 9.91 Å². The van der Waals surface area contributed by atoms with Crippen molar-refractivity contribution in [2.24, 2.45) is 0 Å². The van der Waals surface area contributed by atoms with Crippen LogP contribution in [0.15, 0.2) is 24.3 Å². The summed E-state index contributed by atoms with van der Waals surface area (Å²) < 4.78 is 28.2. The van der Waals surface area contributed by atoms with Gasteiger partial charge in [0, 0.05) is 0 Å².